The number of anilines is 1. The molecule has 152 valence electrons. The second-order valence-electron chi connectivity index (χ2n) is 6.82. The number of rotatable bonds is 4. The number of carbonyl (C=O) groups excluding carboxylic acids is 1. The van der Waals surface area contributed by atoms with E-state index >= 15 is 0 Å². The number of ether oxygens (including phenoxy) is 1. The summed E-state index contributed by atoms with van der Waals surface area (Å²) in [5, 5.41) is 8.05. The molecular formula is C18H17FN4O4S2. The molecule has 0 spiro atoms. The van der Waals surface area contributed by atoms with Crippen LogP contribution in [0.1, 0.15) is 35.1 Å². The lowest BCUT2D eigenvalue weighted by Gasteiger charge is -2.18. The van der Waals surface area contributed by atoms with E-state index in [-0.39, 0.29) is 17.4 Å². The number of nitrogens with one attached hydrogen (secondary N) is 1. The molecule has 0 bridgehead atoms. The van der Waals surface area contributed by atoms with Crippen LogP contribution in [-0.4, -0.2) is 36.6 Å². The molecule has 1 aliphatic heterocycles. The van der Waals surface area contributed by atoms with Gasteiger partial charge in [-0.1, -0.05) is 19.9 Å². The fourth-order valence-corrected chi connectivity index (χ4v) is 5.26. The highest BCUT2D eigenvalue weighted by atomic mass is 32.2. The third-order valence-corrected chi connectivity index (χ3v) is 6.94. The number of hydrogen-bond donors (Lipinski definition) is 1. The smallest absolute Gasteiger partial charge is 0.348 e. The molecule has 3 aromatic rings. The Hall–Kier alpha value is -2.79. The monoisotopic (exact) mass is 436 g/mol. The van der Waals surface area contributed by atoms with Crippen molar-refractivity contribution in [2.75, 3.05) is 11.9 Å². The molecule has 2 aromatic heterocycles. The molecule has 0 amide bonds. The normalized spacial score (nSPS) is 15.1. The molecule has 0 radical (unpaired) electrons. The lowest BCUT2D eigenvalue weighted by Crippen LogP contribution is -2.27. The second kappa shape index (κ2) is 6.92. The minimum Gasteiger partial charge on any atom is -0.453 e. The number of esters is 1. The van der Waals surface area contributed by atoms with Gasteiger partial charge in [0.1, 0.15) is 20.4 Å². The average Bonchev–Trinajstić information content (AvgIpc) is 3.19. The van der Waals surface area contributed by atoms with E-state index in [1.54, 1.807) is 10.7 Å². The standard InChI is InChI=1S/C18H17FN4O4S2/c1-9(2)15-10-7-13(28-17(10)23(3)21-15)18(24)27-8-14-20-12-6-4-5-11(19)16(12)29(25,26)22-14/h4-7,9H,8H2,1-3H3,(H,20,22). The number of fused-ring (bicyclic) bond motifs is 2. The molecule has 8 nitrogen and oxygen atoms in total. The summed E-state index contributed by atoms with van der Waals surface area (Å²) in [5.74, 6) is -1.40. The lowest BCUT2D eigenvalue weighted by molar-refractivity contribution is 0.0569. The minimum atomic E-state index is -4.22. The molecule has 29 heavy (non-hydrogen) atoms. The number of carbonyl (C=O) groups is 1. The summed E-state index contributed by atoms with van der Waals surface area (Å²) in [6, 6.07) is 5.56. The third-order valence-electron chi connectivity index (χ3n) is 4.36. The van der Waals surface area contributed by atoms with Crippen molar-refractivity contribution in [2.24, 2.45) is 11.4 Å². The van der Waals surface area contributed by atoms with E-state index in [0.29, 0.717) is 4.88 Å². The van der Waals surface area contributed by atoms with Crippen molar-refractivity contribution in [3.63, 3.8) is 0 Å². The van der Waals surface area contributed by atoms with Gasteiger partial charge in [-0.3, -0.25) is 4.68 Å². The minimum absolute atomic E-state index is 0.0561. The van der Waals surface area contributed by atoms with Crippen LogP contribution >= 0.6 is 11.3 Å². The number of sulfonamides is 1. The van der Waals surface area contributed by atoms with Crippen molar-refractivity contribution in [3.8, 4) is 0 Å². The number of hydrogen-bond acceptors (Lipinski definition) is 7. The summed E-state index contributed by atoms with van der Waals surface area (Å²) in [6.45, 7) is 3.65. The van der Waals surface area contributed by atoms with Gasteiger partial charge in [-0.15, -0.1) is 15.7 Å². The number of aromatic nitrogens is 2. The van der Waals surface area contributed by atoms with Gasteiger partial charge >= 0.3 is 5.97 Å². The molecule has 1 N–H and O–H groups in total. The summed E-state index contributed by atoms with van der Waals surface area (Å²) in [5.41, 5.74) is 0.946. The van der Waals surface area contributed by atoms with Gasteiger partial charge in [-0.2, -0.15) is 13.5 Å². The Kier molecular flexibility index (Phi) is 4.66. The molecule has 3 heterocycles. The molecule has 1 aromatic carbocycles. The maximum atomic E-state index is 13.8. The van der Waals surface area contributed by atoms with Crippen LogP contribution < -0.4 is 5.32 Å². The fourth-order valence-electron chi connectivity index (χ4n) is 3.10. The first-order chi connectivity index (χ1) is 13.7. The van der Waals surface area contributed by atoms with Gasteiger partial charge in [0.05, 0.1) is 11.4 Å². The maximum Gasteiger partial charge on any atom is 0.348 e. The van der Waals surface area contributed by atoms with Crippen LogP contribution in [-0.2, 0) is 21.8 Å². The molecule has 4 rings (SSSR count). The van der Waals surface area contributed by atoms with Crippen molar-refractivity contribution in [2.45, 2.75) is 24.7 Å². The quantitative estimate of drug-likeness (QED) is 0.630. The van der Waals surface area contributed by atoms with Crippen LogP contribution in [0.25, 0.3) is 10.2 Å². The predicted octanol–water partition coefficient (Wildman–Crippen LogP) is 3.27. The molecular weight excluding hydrogens is 419 g/mol. The summed E-state index contributed by atoms with van der Waals surface area (Å²) < 4.78 is 48.8. The van der Waals surface area contributed by atoms with E-state index < -0.39 is 33.3 Å². The van der Waals surface area contributed by atoms with Gasteiger partial charge in [0.2, 0.25) is 0 Å². The highest BCUT2D eigenvalue weighted by Gasteiger charge is 2.29. The molecule has 11 heteroatoms. The third kappa shape index (κ3) is 3.40. The van der Waals surface area contributed by atoms with Crippen LogP contribution in [0.2, 0.25) is 0 Å². The summed E-state index contributed by atoms with van der Waals surface area (Å²) >= 11 is 1.24. The Balaban J connectivity index is 1.54. The molecule has 0 saturated carbocycles. The van der Waals surface area contributed by atoms with Crippen molar-refractivity contribution in [1.82, 2.24) is 9.78 Å². The Morgan fingerprint density at radius 2 is 2.14 bits per heavy atom. The molecule has 0 fully saturated rings. The van der Waals surface area contributed by atoms with Crippen LogP contribution in [0.15, 0.2) is 33.6 Å². The molecule has 1 aliphatic rings. The number of aryl methyl sites for hydroxylation is 1. The first kappa shape index (κ1) is 19.5. The number of amidine groups is 1. The molecule has 0 saturated heterocycles. The largest absolute Gasteiger partial charge is 0.453 e. The fraction of sp³-hybridized carbons (Fsp3) is 0.278. The summed E-state index contributed by atoms with van der Waals surface area (Å²) in [4.78, 5) is 13.2. The first-order valence-corrected chi connectivity index (χ1v) is 11.0. The Morgan fingerprint density at radius 1 is 1.38 bits per heavy atom. The Morgan fingerprint density at radius 3 is 2.86 bits per heavy atom. The van der Waals surface area contributed by atoms with Crippen LogP contribution in [0.5, 0.6) is 0 Å². The molecule has 0 atom stereocenters. The number of thiophene rings is 1. The predicted molar refractivity (Wildman–Crippen MR) is 108 cm³/mol. The van der Waals surface area contributed by atoms with E-state index in [2.05, 4.69) is 14.8 Å². The number of halogens is 1. The van der Waals surface area contributed by atoms with Crippen LogP contribution in [0.4, 0.5) is 10.1 Å². The van der Waals surface area contributed by atoms with Gasteiger partial charge in [0.25, 0.3) is 10.0 Å². The Bertz CT molecular complexity index is 1270. The Labute approximate surface area is 170 Å². The topological polar surface area (TPSA) is 103 Å². The molecule has 0 aliphatic carbocycles. The summed E-state index contributed by atoms with van der Waals surface area (Å²) in [7, 11) is -2.41. The first-order valence-electron chi connectivity index (χ1n) is 8.70. The van der Waals surface area contributed by atoms with Crippen molar-refractivity contribution in [3.05, 3.63) is 40.7 Å². The van der Waals surface area contributed by atoms with E-state index in [0.717, 1.165) is 22.0 Å². The van der Waals surface area contributed by atoms with Gasteiger partial charge in [0.15, 0.2) is 12.4 Å². The van der Waals surface area contributed by atoms with E-state index in [4.69, 9.17) is 4.74 Å². The second-order valence-corrected chi connectivity index (χ2v) is 9.40. The summed E-state index contributed by atoms with van der Waals surface area (Å²) in [6.07, 6.45) is 0. The van der Waals surface area contributed by atoms with Crippen molar-refractivity contribution >= 4 is 49.1 Å². The van der Waals surface area contributed by atoms with E-state index in [1.165, 1.54) is 23.5 Å². The zero-order valence-electron chi connectivity index (χ0n) is 15.8. The van der Waals surface area contributed by atoms with Crippen LogP contribution in [0, 0.1) is 5.82 Å². The van der Waals surface area contributed by atoms with Gasteiger partial charge in [-0.05, 0) is 24.1 Å². The SMILES string of the molecule is CC(C)c1nn(C)c2sc(C(=O)OCC3=NS(=O)(=O)c4c(F)cccc4N3)cc12. The maximum absolute atomic E-state index is 13.8. The van der Waals surface area contributed by atoms with Gasteiger partial charge in [-0.25, -0.2) is 9.18 Å². The highest BCUT2D eigenvalue weighted by molar-refractivity contribution is 7.90. The highest BCUT2D eigenvalue weighted by Crippen LogP contribution is 2.32. The molecule has 0 unspecified atom stereocenters. The lowest BCUT2D eigenvalue weighted by atomic mass is 10.1. The van der Waals surface area contributed by atoms with E-state index in [1.807, 2.05) is 20.9 Å². The van der Waals surface area contributed by atoms with Crippen molar-refractivity contribution in [1.29, 1.82) is 0 Å². The van der Waals surface area contributed by atoms with Crippen molar-refractivity contribution < 1.29 is 22.3 Å². The van der Waals surface area contributed by atoms with Crippen LogP contribution in [0.3, 0.4) is 0 Å². The number of benzene rings is 1. The number of nitrogens with zero attached hydrogens (tertiary/aromatic N) is 3. The van der Waals surface area contributed by atoms with E-state index in [9.17, 15) is 17.6 Å². The van der Waals surface area contributed by atoms with Gasteiger partial charge in [0, 0.05) is 12.4 Å². The zero-order valence-corrected chi connectivity index (χ0v) is 17.4. The van der Waals surface area contributed by atoms with Gasteiger partial charge < -0.3 is 10.1 Å². The zero-order chi connectivity index (χ0) is 20.9. The average molecular weight is 436 g/mol.